The van der Waals surface area contributed by atoms with E-state index in [1.54, 1.807) is 0 Å². The summed E-state index contributed by atoms with van der Waals surface area (Å²) in [5.74, 6) is 1.42. The second kappa shape index (κ2) is 8.21. The van der Waals surface area contributed by atoms with Gasteiger partial charge in [0.1, 0.15) is 11.7 Å². The Labute approximate surface area is 148 Å². The molecule has 0 spiro atoms. The van der Waals surface area contributed by atoms with Crippen LogP contribution in [-0.2, 0) is 14.3 Å². The van der Waals surface area contributed by atoms with Crippen molar-refractivity contribution in [1.29, 1.82) is 0 Å². The summed E-state index contributed by atoms with van der Waals surface area (Å²) in [5, 5.41) is 0. The van der Waals surface area contributed by atoms with Crippen LogP contribution in [0.4, 0.5) is 0 Å². The number of hydrogen-bond acceptors (Lipinski definition) is 3. The van der Waals surface area contributed by atoms with E-state index in [0.29, 0.717) is 12.3 Å². The summed E-state index contributed by atoms with van der Waals surface area (Å²) in [5.41, 5.74) is -0.441. The van der Waals surface area contributed by atoms with Crippen molar-refractivity contribution in [3.63, 3.8) is 0 Å². The van der Waals surface area contributed by atoms with Gasteiger partial charge in [0, 0.05) is 6.42 Å². The molecule has 2 aliphatic heterocycles. The van der Waals surface area contributed by atoms with E-state index in [1.165, 1.54) is 32.1 Å². The van der Waals surface area contributed by atoms with Gasteiger partial charge in [0.2, 0.25) is 0 Å². The standard InChI is InChI=1S/C21H38O3/c1-6-10-11-17(7-2)12-16(5)14-20(8-3)15-21(9-4)18(23-20)13-19(22)24-21/h16-18H,6-15H2,1-5H3. The fourth-order valence-electron chi connectivity index (χ4n) is 5.03. The molecule has 3 heteroatoms. The van der Waals surface area contributed by atoms with Crippen LogP contribution in [-0.4, -0.2) is 23.3 Å². The first-order valence-corrected chi connectivity index (χ1v) is 10.3. The molecule has 0 N–H and O–H groups in total. The number of fused-ring (bicyclic) bond motifs is 1. The summed E-state index contributed by atoms with van der Waals surface area (Å²) >= 11 is 0. The van der Waals surface area contributed by atoms with Crippen LogP contribution in [0.15, 0.2) is 0 Å². The third-order valence-electron chi connectivity index (χ3n) is 6.51. The fraction of sp³-hybridized carbons (Fsp3) is 0.952. The van der Waals surface area contributed by atoms with Gasteiger partial charge >= 0.3 is 5.97 Å². The van der Waals surface area contributed by atoms with Crippen molar-refractivity contribution in [3.05, 3.63) is 0 Å². The predicted octanol–water partition coefficient (Wildman–Crippen LogP) is 5.65. The smallest absolute Gasteiger partial charge is 0.309 e. The molecule has 0 amide bonds. The monoisotopic (exact) mass is 338 g/mol. The van der Waals surface area contributed by atoms with Crippen LogP contribution in [0.1, 0.15) is 98.8 Å². The normalized spacial score (nSPS) is 34.9. The van der Waals surface area contributed by atoms with E-state index in [1.807, 2.05) is 0 Å². The molecule has 140 valence electrons. The molecule has 5 atom stereocenters. The number of unbranched alkanes of at least 4 members (excludes halogenated alkanes) is 1. The van der Waals surface area contributed by atoms with Gasteiger partial charge in [-0.05, 0) is 37.5 Å². The van der Waals surface area contributed by atoms with Crippen molar-refractivity contribution in [2.75, 3.05) is 0 Å². The molecular formula is C21H38O3. The van der Waals surface area contributed by atoms with Gasteiger partial charge in [0.25, 0.3) is 0 Å². The molecule has 2 heterocycles. The van der Waals surface area contributed by atoms with Crippen LogP contribution in [0, 0.1) is 11.8 Å². The first kappa shape index (κ1) is 19.8. The lowest BCUT2D eigenvalue weighted by atomic mass is 9.77. The minimum Gasteiger partial charge on any atom is -0.456 e. The molecule has 3 nitrogen and oxygen atoms in total. The van der Waals surface area contributed by atoms with Crippen LogP contribution in [0.3, 0.4) is 0 Å². The molecule has 0 bridgehead atoms. The highest BCUT2D eigenvalue weighted by Crippen LogP contribution is 2.51. The Morgan fingerprint density at radius 1 is 1.21 bits per heavy atom. The summed E-state index contributed by atoms with van der Waals surface area (Å²) in [4.78, 5) is 11.7. The summed E-state index contributed by atoms with van der Waals surface area (Å²) in [6.45, 7) is 11.3. The quantitative estimate of drug-likeness (QED) is 0.483. The van der Waals surface area contributed by atoms with Gasteiger partial charge in [-0.2, -0.15) is 0 Å². The van der Waals surface area contributed by atoms with Crippen molar-refractivity contribution in [2.45, 2.75) is 116 Å². The summed E-state index contributed by atoms with van der Waals surface area (Å²) in [7, 11) is 0. The zero-order valence-electron chi connectivity index (χ0n) is 16.5. The lowest BCUT2D eigenvalue weighted by Crippen LogP contribution is -2.36. The first-order chi connectivity index (χ1) is 11.4. The average Bonchev–Trinajstić information content (AvgIpc) is 3.01. The Morgan fingerprint density at radius 2 is 1.96 bits per heavy atom. The lowest BCUT2D eigenvalue weighted by molar-refractivity contribution is -0.149. The maximum Gasteiger partial charge on any atom is 0.309 e. The Bertz CT molecular complexity index is 421. The highest BCUT2D eigenvalue weighted by atomic mass is 16.6. The SMILES string of the molecule is CCCCC(CC)CC(C)CC1(CC)CC2(CC)OC(=O)CC2O1. The van der Waals surface area contributed by atoms with Crippen molar-refractivity contribution in [3.8, 4) is 0 Å². The van der Waals surface area contributed by atoms with Crippen molar-refractivity contribution in [1.82, 2.24) is 0 Å². The predicted molar refractivity (Wildman–Crippen MR) is 97.9 cm³/mol. The molecule has 0 saturated carbocycles. The number of rotatable bonds is 10. The molecule has 2 saturated heterocycles. The second-order valence-electron chi connectivity index (χ2n) is 8.38. The maximum atomic E-state index is 11.7. The molecule has 2 aliphatic rings. The van der Waals surface area contributed by atoms with Gasteiger partial charge < -0.3 is 9.47 Å². The molecule has 0 radical (unpaired) electrons. The van der Waals surface area contributed by atoms with Crippen molar-refractivity contribution >= 4 is 5.97 Å². The van der Waals surface area contributed by atoms with Gasteiger partial charge in [-0.3, -0.25) is 4.79 Å². The Kier molecular flexibility index (Phi) is 6.75. The van der Waals surface area contributed by atoms with E-state index in [4.69, 9.17) is 9.47 Å². The zero-order chi connectivity index (χ0) is 17.8. The molecule has 2 fully saturated rings. The van der Waals surface area contributed by atoms with Gasteiger partial charge in [0.05, 0.1) is 12.0 Å². The second-order valence-corrected chi connectivity index (χ2v) is 8.38. The summed E-state index contributed by atoms with van der Waals surface area (Å²) < 4.78 is 12.3. The minimum absolute atomic E-state index is 0.0239. The first-order valence-electron chi connectivity index (χ1n) is 10.3. The summed E-state index contributed by atoms with van der Waals surface area (Å²) in [6.07, 6.45) is 10.9. The number of esters is 1. The van der Waals surface area contributed by atoms with Crippen LogP contribution < -0.4 is 0 Å². The third-order valence-corrected chi connectivity index (χ3v) is 6.51. The van der Waals surface area contributed by atoms with Crippen LogP contribution in [0.5, 0.6) is 0 Å². The fourth-order valence-corrected chi connectivity index (χ4v) is 5.03. The van der Waals surface area contributed by atoms with E-state index < -0.39 is 0 Å². The molecule has 0 aromatic carbocycles. The van der Waals surface area contributed by atoms with Gasteiger partial charge in [-0.15, -0.1) is 0 Å². The highest BCUT2D eigenvalue weighted by Gasteiger charge is 2.60. The Hall–Kier alpha value is -0.570. The maximum absolute atomic E-state index is 11.7. The average molecular weight is 339 g/mol. The number of carbonyl (C=O) groups is 1. The zero-order valence-corrected chi connectivity index (χ0v) is 16.5. The van der Waals surface area contributed by atoms with E-state index >= 15 is 0 Å². The molecule has 0 aliphatic carbocycles. The molecular weight excluding hydrogens is 300 g/mol. The molecule has 0 aromatic heterocycles. The van der Waals surface area contributed by atoms with E-state index in [-0.39, 0.29) is 23.3 Å². The van der Waals surface area contributed by atoms with Crippen molar-refractivity contribution in [2.24, 2.45) is 11.8 Å². The number of ether oxygens (including phenoxy) is 2. The van der Waals surface area contributed by atoms with Gasteiger partial charge in [0.15, 0.2) is 0 Å². The Balaban J connectivity index is 1.98. The van der Waals surface area contributed by atoms with E-state index in [9.17, 15) is 4.79 Å². The van der Waals surface area contributed by atoms with E-state index in [0.717, 1.165) is 31.6 Å². The Morgan fingerprint density at radius 3 is 2.50 bits per heavy atom. The molecule has 24 heavy (non-hydrogen) atoms. The van der Waals surface area contributed by atoms with Crippen LogP contribution in [0.25, 0.3) is 0 Å². The number of carbonyl (C=O) groups excluding carboxylic acids is 1. The largest absolute Gasteiger partial charge is 0.456 e. The third kappa shape index (κ3) is 4.15. The molecule has 2 rings (SSSR count). The van der Waals surface area contributed by atoms with Gasteiger partial charge in [-0.1, -0.05) is 60.3 Å². The van der Waals surface area contributed by atoms with Crippen LogP contribution >= 0.6 is 0 Å². The van der Waals surface area contributed by atoms with E-state index in [2.05, 4.69) is 34.6 Å². The topological polar surface area (TPSA) is 35.5 Å². The summed E-state index contributed by atoms with van der Waals surface area (Å²) in [6, 6.07) is 0. The number of hydrogen-bond donors (Lipinski definition) is 0. The van der Waals surface area contributed by atoms with Gasteiger partial charge in [-0.25, -0.2) is 0 Å². The molecule has 5 unspecified atom stereocenters. The minimum atomic E-state index is -0.348. The highest BCUT2D eigenvalue weighted by molar-refractivity contribution is 5.73. The molecule has 0 aromatic rings. The van der Waals surface area contributed by atoms with Crippen molar-refractivity contribution < 1.29 is 14.3 Å². The van der Waals surface area contributed by atoms with Crippen LogP contribution in [0.2, 0.25) is 0 Å². The lowest BCUT2D eigenvalue weighted by Gasteiger charge is -2.33.